The molecular formula is C11H16ClN. The molecule has 0 aromatic heterocycles. The molecule has 0 heterocycles. The molecule has 1 aliphatic carbocycles. The fraction of sp³-hybridized carbons (Fsp3) is 0.455. The van der Waals surface area contributed by atoms with E-state index in [1.807, 2.05) is 0 Å². The Balaban J connectivity index is 0.000000845. The first-order valence-corrected chi connectivity index (χ1v) is 4.49. The van der Waals surface area contributed by atoms with Gasteiger partial charge >= 0.3 is 0 Å². The van der Waals surface area contributed by atoms with Gasteiger partial charge in [0.15, 0.2) is 0 Å². The van der Waals surface area contributed by atoms with E-state index < -0.39 is 0 Å². The van der Waals surface area contributed by atoms with Crippen molar-refractivity contribution in [1.29, 1.82) is 0 Å². The van der Waals surface area contributed by atoms with Crippen molar-refractivity contribution in [3.05, 3.63) is 34.9 Å². The Morgan fingerprint density at radius 3 is 2.38 bits per heavy atom. The van der Waals surface area contributed by atoms with Gasteiger partial charge in [0.1, 0.15) is 0 Å². The van der Waals surface area contributed by atoms with Crippen LogP contribution in [0.25, 0.3) is 0 Å². The van der Waals surface area contributed by atoms with Gasteiger partial charge < -0.3 is 5.73 Å². The SMILES string of the molecule is Cc1cccc(C2(N)CC2)c1C.Cl. The highest BCUT2D eigenvalue weighted by Crippen LogP contribution is 2.44. The third-order valence-electron chi connectivity index (χ3n) is 2.93. The van der Waals surface area contributed by atoms with E-state index in [0.717, 1.165) is 12.8 Å². The van der Waals surface area contributed by atoms with Gasteiger partial charge in [0.2, 0.25) is 0 Å². The lowest BCUT2D eigenvalue weighted by Crippen LogP contribution is -2.20. The van der Waals surface area contributed by atoms with Crippen LogP contribution in [0.5, 0.6) is 0 Å². The van der Waals surface area contributed by atoms with E-state index in [1.165, 1.54) is 16.7 Å². The van der Waals surface area contributed by atoms with Crippen molar-refractivity contribution in [2.75, 3.05) is 0 Å². The second-order valence-corrected chi connectivity index (χ2v) is 3.90. The fourth-order valence-electron chi connectivity index (χ4n) is 1.69. The summed E-state index contributed by atoms with van der Waals surface area (Å²) in [5.41, 5.74) is 10.2. The molecule has 0 bridgehead atoms. The van der Waals surface area contributed by atoms with Gasteiger partial charge in [-0.25, -0.2) is 0 Å². The first kappa shape index (κ1) is 10.6. The zero-order chi connectivity index (χ0) is 8.77. The molecule has 0 amide bonds. The van der Waals surface area contributed by atoms with Gasteiger partial charge in [-0.3, -0.25) is 0 Å². The van der Waals surface area contributed by atoms with Crippen molar-refractivity contribution in [3.8, 4) is 0 Å². The Kier molecular flexibility index (Phi) is 2.69. The average Bonchev–Trinajstić information content (AvgIpc) is 2.75. The molecule has 1 aromatic rings. The molecule has 0 unspecified atom stereocenters. The van der Waals surface area contributed by atoms with Crippen molar-refractivity contribution in [3.63, 3.8) is 0 Å². The van der Waals surface area contributed by atoms with Gasteiger partial charge in [-0.1, -0.05) is 18.2 Å². The molecule has 1 fully saturated rings. The molecule has 1 aliphatic rings. The van der Waals surface area contributed by atoms with Crippen LogP contribution in [-0.4, -0.2) is 0 Å². The highest BCUT2D eigenvalue weighted by atomic mass is 35.5. The van der Waals surface area contributed by atoms with E-state index in [2.05, 4.69) is 32.0 Å². The van der Waals surface area contributed by atoms with Gasteiger partial charge in [-0.05, 0) is 43.4 Å². The minimum Gasteiger partial charge on any atom is -0.321 e. The summed E-state index contributed by atoms with van der Waals surface area (Å²) in [4.78, 5) is 0. The molecule has 0 radical (unpaired) electrons. The summed E-state index contributed by atoms with van der Waals surface area (Å²) in [5.74, 6) is 0. The molecule has 1 saturated carbocycles. The number of halogens is 1. The molecular weight excluding hydrogens is 182 g/mol. The van der Waals surface area contributed by atoms with Crippen molar-refractivity contribution >= 4 is 12.4 Å². The molecule has 0 spiro atoms. The molecule has 2 N–H and O–H groups in total. The highest BCUT2D eigenvalue weighted by Gasteiger charge is 2.40. The predicted octanol–water partition coefficient (Wildman–Crippen LogP) is 2.67. The van der Waals surface area contributed by atoms with Crippen LogP contribution in [-0.2, 0) is 5.54 Å². The highest BCUT2D eigenvalue weighted by molar-refractivity contribution is 5.85. The number of benzene rings is 1. The standard InChI is InChI=1S/C11H15N.ClH/c1-8-4-3-5-10(9(8)2)11(12)6-7-11;/h3-5H,6-7,12H2,1-2H3;1H. The number of hydrogen-bond donors (Lipinski definition) is 1. The number of aryl methyl sites for hydroxylation is 1. The quantitative estimate of drug-likeness (QED) is 0.736. The zero-order valence-corrected chi connectivity index (χ0v) is 8.95. The maximum absolute atomic E-state index is 6.14. The molecule has 2 rings (SSSR count). The van der Waals surface area contributed by atoms with Gasteiger partial charge in [0, 0.05) is 5.54 Å². The minimum absolute atomic E-state index is 0. The van der Waals surface area contributed by atoms with Crippen LogP contribution >= 0.6 is 12.4 Å². The lowest BCUT2D eigenvalue weighted by molar-refractivity contribution is 0.732. The largest absolute Gasteiger partial charge is 0.321 e. The van der Waals surface area contributed by atoms with Crippen molar-refractivity contribution < 1.29 is 0 Å². The van der Waals surface area contributed by atoms with E-state index >= 15 is 0 Å². The first-order chi connectivity index (χ1) is 5.63. The summed E-state index contributed by atoms with van der Waals surface area (Å²) in [6, 6.07) is 6.41. The van der Waals surface area contributed by atoms with E-state index in [0.29, 0.717) is 0 Å². The van der Waals surface area contributed by atoms with Crippen LogP contribution in [0.1, 0.15) is 29.5 Å². The molecule has 13 heavy (non-hydrogen) atoms. The van der Waals surface area contributed by atoms with E-state index in [9.17, 15) is 0 Å². The molecule has 72 valence electrons. The summed E-state index contributed by atoms with van der Waals surface area (Å²) < 4.78 is 0. The van der Waals surface area contributed by atoms with Crippen molar-refractivity contribution in [2.45, 2.75) is 32.2 Å². The van der Waals surface area contributed by atoms with E-state index in [4.69, 9.17) is 5.73 Å². The second-order valence-electron chi connectivity index (χ2n) is 3.90. The molecule has 2 heteroatoms. The third kappa shape index (κ3) is 1.72. The van der Waals surface area contributed by atoms with Gasteiger partial charge in [-0.2, -0.15) is 0 Å². The molecule has 0 atom stereocenters. The average molecular weight is 198 g/mol. The van der Waals surface area contributed by atoms with Crippen molar-refractivity contribution in [1.82, 2.24) is 0 Å². The molecule has 1 aromatic carbocycles. The fourth-order valence-corrected chi connectivity index (χ4v) is 1.69. The monoisotopic (exact) mass is 197 g/mol. The van der Waals surface area contributed by atoms with Crippen LogP contribution in [0.15, 0.2) is 18.2 Å². The van der Waals surface area contributed by atoms with E-state index in [-0.39, 0.29) is 17.9 Å². The topological polar surface area (TPSA) is 26.0 Å². The summed E-state index contributed by atoms with van der Waals surface area (Å²) in [6.07, 6.45) is 2.30. The maximum Gasteiger partial charge on any atom is 0.0414 e. The van der Waals surface area contributed by atoms with Crippen LogP contribution in [0.4, 0.5) is 0 Å². The summed E-state index contributed by atoms with van der Waals surface area (Å²) >= 11 is 0. The van der Waals surface area contributed by atoms with Gasteiger partial charge in [0.25, 0.3) is 0 Å². The van der Waals surface area contributed by atoms with Crippen LogP contribution in [0.2, 0.25) is 0 Å². The summed E-state index contributed by atoms with van der Waals surface area (Å²) in [5, 5.41) is 0. The maximum atomic E-state index is 6.14. The zero-order valence-electron chi connectivity index (χ0n) is 8.13. The van der Waals surface area contributed by atoms with Crippen LogP contribution in [0.3, 0.4) is 0 Å². The summed E-state index contributed by atoms with van der Waals surface area (Å²) in [7, 11) is 0. The van der Waals surface area contributed by atoms with E-state index in [1.54, 1.807) is 0 Å². The normalized spacial score (nSPS) is 17.8. The Bertz CT molecular complexity index is 316. The smallest absolute Gasteiger partial charge is 0.0414 e. The molecule has 0 saturated heterocycles. The molecule has 0 aliphatic heterocycles. The van der Waals surface area contributed by atoms with Crippen LogP contribution in [0, 0.1) is 13.8 Å². The third-order valence-corrected chi connectivity index (χ3v) is 2.93. The van der Waals surface area contributed by atoms with Crippen molar-refractivity contribution in [2.24, 2.45) is 5.73 Å². The Hall–Kier alpha value is -0.530. The number of hydrogen-bond acceptors (Lipinski definition) is 1. The lowest BCUT2D eigenvalue weighted by atomic mass is 9.96. The number of nitrogens with two attached hydrogens (primary N) is 1. The van der Waals surface area contributed by atoms with Crippen LogP contribution < -0.4 is 5.73 Å². The van der Waals surface area contributed by atoms with Gasteiger partial charge in [-0.15, -0.1) is 12.4 Å². The Labute approximate surface area is 85.7 Å². The summed E-state index contributed by atoms with van der Waals surface area (Å²) in [6.45, 7) is 4.31. The Morgan fingerprint density at radius 1 is 1.23 bits per heavy atom. The van der Waals surface area contributed by atoms with Gasteiger partial charge in [0.05, 0.1) is 0 Å². The first-order valence-electron chi connectivity index (χ1n) is 4.49. The Morgan fingerprint density at radius 2 is 1.85 bits per heavy atom. The minimum atomic E-state index is 0. The molecule has 1 nitrogen and oxygen atoms in total. The predicted molar refractivity (Wildman–Crippen MR) is 58.3 cm³/mol. The second kappa shape index (κ2) is 3.32. The number of rotatable bonds is 1. The lowest BCUT2D eigenvalue weighted by Gasteiger charge is -2.14.